The van der Waals surface area contributed by atoms with E-state index in [1.54, 1.807) is 6.20 Å². The van der Waals surface area contributed by atoms with Crippen LogP contribution in [0.2, 0.25) is 0 Å². The van der Waals surface area contributed by atoms with Crippen LogP contribution in [0.25, 0.3) is 61.3 Å². The van der Waals surface area contributed by atoms with E-state index in [-0.39, 0.29) is 20.1 Å². The van der Waals surface area contributed by atoms with E-state index in [4.69, 9.17) is 9.40 Å². The van der Waals surface area contributed by atoms with Crippen molar-refractivity contribution >= 4 is 33.0 Å². The van der Waals surface area contributed by atoms with Gasteiger partial charge >= 0.3 is 0 Å². The molecule has 0 saturated carbocycles. The smallest absolute Gasteiger partial charge is 0.120 e. The van der Waals surface area contributed by atoms with E-state index in [9.17, 15) is 0 Å². The number of hydrogen-bond acceptors (Lipinski definition) is 4. The summed E-state index contributed by atoms with van der Waals surface area (Å²) in [6.45, 7) is 4.13. The molecular weight excluding hydrogens is 709 g/mol. The maximum Gasteiger partial charge on any atom is 0.120 e. The molecular formula is C37H26IrN4O-2. The van der Waals surface area contributed by atoms with Crippen molar-refractivity contribution in [2.75, 3.05) is 0 Å². The monoisotopic (exact) mass is 735 g/mol. The Morgan fingerprint density at radius 1 is 0.767 bits per heavy atom. The molecule has 0 atom stereocenters. The number of aryl methyl sites for hydroxylation is 2. The summed E-state index contributed by atoms with van der Waals surface area (Å²) in [6, 6.07) is 40.7. The van der Waals surface area contributed by atoms with Crippen LogP contribution >= 0.6 is 0 Å². The first-order chi connectivity index (χ1) is 20.7. The molecule has 4 aromatic carbocycles. The molecule has 0 aliphatic carbocycles. The van der Waals surface area contributed by atoms with E-state index >= 15 is 0 Å². The van der Waals surface area contributed by atoms with Crippen LogP contribution in [0.5, 0.6) is 0 Å². The van der Waals surface area contributed by atoms with Crippen molar-refractivity contribution < 1.29 is 24.5 Å². The molecule has 0 saturated heterocycles. The van der Waals surface area contributed by atoms with Gasteiger partial charge in [0.1, 0.15) is 5.58 Å². The first-order valence-corrected chi connectivity index (χ1v) is 13.8. The topological polar surface area (TPSA) is 56.7 Å². The third-order valence-electron chi connectivity index (χ3n) is 7.29. The Morgan fingerprint density at radius 3 is 2.35 bits per heavy atom. The van der Waals surface area contributed by atoms with Crippen LogP contribution in [-0.4, -0.2) is 19.5 Å². The zero-order valence-corrected chi connectivity index (χ0v) is 26.0. The average Bonchev–Trinajstić information content (AvgIpc) is 3.64. The summed E-state index contributed by atoms with van der Waals surface area (Å²) in [7, 11) is 0. The molecule has 1 radical (unpaired) electrons. The second kappa shape index (κ2) is 12.1. The molecule has 0 N–H and O–H groups in total. The van der Waals surface area contributed by atoms with E-state index in [0.29, 0.717) is 0 Å². The van der Waals surface area contributed by atoms with Crippen molar-refractivity contribution in [2.24, 2.45) is 0 Å². The molecule has 0 bridgehead atoms. The fourth-order valence-corrected chi connectivity index (χ4v) is 5.30. The number of para-hydroxylation sites is 2. The summed E-state index contributed by atoms with van der Waals surface area (Å²) >= 11 is 0. The number of benzene rings is 4. The van der Waals surface area contributed by atoms with Gasteiger partial charge in [0.2, 0.25) is 0 Å². The second-order valence-electron chi connectivity index (χ2n) is 10.1. The van der Waals surface area contributed by atoms with E-state index in [1.165, 1.54) is 0 Å². The molecule has 4 heterocycles. The van der Waals surface area contributed by atoms with Gasteiger partial charge in [0, 0.05) is 43.6 Å². The second-order valence-corrected chi connectivity index (χ2v) is 10.1. The van der Waals surface area contributed by atoms with Crippen molar-refractivity contribution in [3.8, 4) is 28.3 Å². The number of rotatable bonds is 3. The van der Waals surface area contributed by atoms with Crippen LogP contribution in [0, 0.1) is 26.0 Å². The van der Waals surface area contributed by atoms with Crippen LogP contribution < -0.4 is 0 Å². The molecule has 8 rings (SSSR count). The molecule has 8 aromatic rings. The first kappa shape index (κ1) is 28.2. The van der Waals surface area contributed by atoms with Gasteiger partial charge in [-0.15, -0.1) is 53.6 Å². The largest absolute Gasteiger partial charge is 0.501 e. The average molecular weight is 735 g/mol. The first-order valence-electron chi connectivity index (χ1n) is 13.8. The van der Waals surface area contributed by atoms with E-state index in [2.05, 4.69) is 51.8 Å². The van der Waals surface area contributed by atoms with Gasteiger partial charge in [-0.1, -0.05) is 66.4 Å². The minimum atomic E-state index is 0. The van der Waals surface area contributed by atoms with Crippen molar-refractivity contribution in [3.05, 3.63) is 145 Å². The van der Waals surface area contributed by atoms with Gasteiger partial charge in [0.25, 0.3) is 0 Å². The van der Waals surface area contributed by atoms with E-state index in [1.807, 2.05) is 104 Å². The maximum absolute atomic E-state index is 6.34. The predicted molar refractivity (Wildman–Crippen MR) is 168 cm³/mol. The molecule has 0 aliphatic heterocycles. The van der Waals surface area contributed by atoms with E-state index in [0.717, 1.165) is 72.4 Å². The standard InChI is InChI=1S/C26H18N3O.C11H8N.Ir/c1-16-12-13-20(25-23(16)19-10-6-7-11-22(19)30-25)26-28-24-17(2)14-27-15-21(24)29(26)18-8-4-3-5-9-18;1-2-6-10(7-3-1)11-8-4-5-9-12-11;/h3-12,14-15H,1-2H3;1-6,8-9H;/q2*-1;. The van der Waals surface area contributed by atoms with Crippen LogP contribution in [0.15, 0.2) is 126 Å². The quantitative estimate of drug-likeness (QED) is 0.170. The minimum Gasteiger partial charge on any atom is -0.501 e. The Hall–Kier alpha value is -4.90. The number of hydrogen-bond donors (Lipinski definition) is 0. The van der Waals surface area contributed by atoms with Crippen LogP contribution in [0.1, 0.15) is 11.1 Å². The normalized spacial score (nSPS) is 10.8. The van der Waals surface area contributed by atoms with Crippen LogP contribution in [0.3, 0.4) is 0 Å². The summed E-state index contributed by atoms with van der Waals surface area (Å²) in [6.07, 6.45) is 5.51. The van der Waals surface area contributed by atoms with Gasteiger partial charge in [-0.25, -0.2) is 0 Å². The number of fused-ring (bicyclic) bond motifs is 4. The summed E-state index contributed by atoms with van der Waals surface area (Å²) in [5.74, 6) is 0.802. The molecule has 0 aliphatic rings. The van der Waals surface area contributed by atoms with Crippen molar-refractivity contribution in [3.63, 3.8) is 0 Å². The molecule has 211 valence electrons. The Bertz CT molecular complexity index is 2120. The van der Waals surface area contributed by atoms with Crippen molar-refractivity contribution in [2.45, 2.75) is 13.8 Å². The summed E-state index contributed by atoms with van der Waals surface area (Å²) in [5.41, 5.74) is 9.65. The van der Waals surface area contributed by atoms with Gasteiger partial charge in [0.05, 0.1) is 28.6 Å². The Labute approximate surface area is 263 Å². The SMILES string of the molecule is Cc1cncc2c1nc(-c1[c-]cc(C)c3c1oc1ccccc13)n2-c1ccccc1.[Ir].[c-]1ccccc1-c1ccccn1. The van der Waals surface area contributed by atoms with Crippen molar-refractivity contribution in [1.29, 1.82) is 0 Å². The molecule has 0 unspecified atom stereocenters. The molecule has 0 amide bonds. The molecule has 6 heteroatoms. The van der Waals surface area contributed by atoms with E-state index < -0.39 is 0 Å². The summed E-state index contributed by atoms with van der Waals surface area (Å²) in [5, 5.41) is 2.22. The molecule has 0 fully saturated rings. The number of pyridine rings is 2. The zero-order chi connectivity index (χ0) is 28.5. The maximum atomic E-state index is 6.34. The zero-order valence-electron chi connectivity index (χ0n) is 23.6. The fraction of sp³-hybridized carbons (Fsp3) is 0.0541. The molecule has 0 spiro atoms. The van der Waals surface area contributed by atoms with Gasteiger partial charge in [0.15, 0.2) is 0 Å². The number of nitrogens with zero attached hydrogens (tertiary/aromatic N) is 4. The molecule has 5 nitrogen and oxygen atoms in total. The van der Waals surface area contributed by atoms with Gasteiger partial charge in [-0.3, -0.25) is 9.97 Å². The fourth-order valence-electron chi connectivity index (χ4n) is 5.30. The number of imidazole rings is 1. The Morgan fingerprint density at radius 2 is 1.56 bits per heavy atom. The Kier molecular flexibility index (Phi) is 7.97. The molecule has 43 heavy (non-hydrogen) atoms. The van der Waals surface area contributed by atoms with Gasteiger partial charge < -0.3 is 14.0 Å². The molecule has 4 aromatic heterocycles. The Balaban J connectivity index is 0.000000213. The summed E-state index contributed by atoms with van der Waals surface area (Å²) < 4.78 is 8.48. The minimum absolute atomic E-state index is 0. The van der Waals surface area contributed by atoms with Gasteiger partial charge in [-0.05, 0) is 42.4 Å². The number of furan rings is 1. The number of aromatic nitrogens is 4. The van der Waals surface area contributed by atoms with Crippen LogP contribution in [-0.2, 0) is 20.1 Å². The van der Waals surface area contributed by atoms with Crippen molar-refractivity contribution in [1.82, 2.24) is 19.5 Å². The predicted octanol–water partition coefficient (Wildman–Crippen LogP) is 8.95. The summed E-state index contributed by atoms with van der Waals surface area (Å²) in [4.78, 5) is 13.7. The third-order valence-corrected chi connectivity index (χ3v) is 7.29. The third kappa shape index (κ3) is 5.27. The van der Waals surface area contributed by atoms with Gasteiger partial charge in [-0.2, -0.15) is 0 Å². The van der Waals surface area contributed by atoms with Crippen LogP contribution in [0.4, 0.5) is 0 Å².